The van der Waals surface area contributed by atoms with E-state index >= 15 is 0 Å². The van der Waals surface area contributed by atoms with E-state index in [-0.39, 0.29) is 5.91 Å². The highest BCUT2D eigenvalue weighted by molar-refractivity contribution is 5.75. The molecule has 1 aromatic heterocycles. The van der Waals surface area contributed by atoms with Gasteiger partial charge in [0.2, 0.25) is 17.6 Å². The Hall–Kier alpha value is -2.21. The second-order valence-corrected chi connectivity index (χ2v) is 6.10. The third-order valence-corrected chi connectivity index (χ3v) is 3.80. The van der Waals surface area contributed by atoms with Crippen molar-refractivity contribution < 1.29 is 9.32 Å². The minimum atomic E-state index is 0.00661. The Morgan fingerprint density at radius 1 is 1.21 bits per heavy atom. The number of benzene rings is 1. The van der Waals surface area contributed by atoms with Crippen LogP contribution < -0.4 is 10.6 Å². The van der Waals surface area contributed by atoms with Crippen LogP contribution >= 0.6 is 0 Å². The van der Waals surface area contributed by atoms with Crippen molar-refractivity contribution in [1.29, 1.82) is 0 Å². The van der Waals surface area contributed by atoms with Gasteiger partial charge in [0.1, 0.15) is 0 Å². The summed E-state index contributed by atoms with van der Waals surface area (Å²) in [5.74, 6) is 1.55. The standard InChI is InChI=1S/C18H26N4O2/c1-13(2)14-5-7-15(8-6-14)18-21-17(24-22-18)10-9-16(23)20-12-4-11-19-3/h5-8,13,19H,4,9-12H2,1-3H3,(H,20,23). The van der Waals surface area contributed by atoms with Gasteiger partial charge in [0, 0.05) is 24.9 Å². The average molecular weight is 330 g/mol. The summed E-state index contributed by atoms with van der Waals surface area (Å²) in [7, 11) is 1.89. The van der Waals surface area contributed by atoms with E-state index in [0.29, 0.717) is 37.0 Å². The Morgan fingerprint density at radius 3 is 2.62 bits per heavy atom. The van der Waals surface area contributed by atoms with Gasteiger partial charge in [-0.05, 0) is 31.5 Å². The van der Waals surface area contributed by atoms with Gasteiger partial charge in [-0.25, -0.2) is 0 Å². The quantitative estimate of drug-likeness (QED) is 0.691. The molecule has 1 heterocycles. The van der Waals surface area contributed by atoms with E-state index in [1.165, 1.54) is 5.56 Å². The van der Waals surface area contributed by atoms with Crippen molar-refractivity contribution >= 4 is 5.91 Å². The predicted octanol–water partition coefficient (Wildman–Crippen LogP) is 2.52. The lowest BCUT2D eigenvalue weighted by molar-refractivity contribution is -0.121. The lowest BCUT2D eigenvalue weighted by Gasteiger charge is -2.04. The molecular weight excluding hydrogens is 304 g/mol. The van der Waals surface area contributed by atoms with E-state index in [4.69, 9.17) is 4.52 Å². The second-order valence-electron chi connectivity index (χ2n) is 6.10. The summed E-state index contributed by atoms with van der Waals surface area (Å²) in [6.07, 6.45) is 1.72. The number of amides is 1. The summed E-state index contributed by atoms with van der Waals surface area (Å²) in [5, 5.41) is 9.92. The molecule has 0 spiro atoms. The van der Waals surface area contributed by atoms with Crippen LogP contribution in [0.15, 0.2) is 28.8 Å². The SMILES string of the molecule is CNCCCNC(=O)CCc1nc(-c2ccc(C(C)C)cc2)no1. The number of aryl methyl sites for hydroxylation is 1. The second kappa shape index (κ2) is 9.17. The minimum Gasteiger partial charge on any atom is -0.356 e. The molecule has 0 bridgehead atoms. The molecule has 0 fully saturated rings. The first-order valence-corrected chi connectivity index (χ1v) is 8.44. The van der Waals surface area contributed by atoms with Crippen molar-refractivity contribution in [2.24, 2.45) is 0 Å². The molecule has 2 aromatic rings. The van der Waals surface area contributed by atoms with E-state index in [0.717, 1.165) is 18.5 Å². The van der Waals surface area contributed by atoms with E-state index < -0.39 is 0 Å². The summed E-state index contributed by atoms with van der Waals surface area (Å²) in [5.41, 5.74) is 2.20. The highest BCUT2D eigenvalue weighted by Crippen LogP contribution is 2.20. The molecule has 6 nitrogen and oxygen atoms in total. The maximum atomic E-state index is 11.7. The summed E-state index contributed by atoms with van der Waals surface area (Å²) in [4.78, 5) is 16.1. The summed E-state index contributed by atoms with van der Waals surface area (Å²) >= 11 is 0. The smallest absolute Gasteiger partial charge is 0.227 e. The fourth-order valence-corrected chi connectivity index (χ4v) is 2.29. The Kier molecular flexibility index (Phi) is 6.93. The Morgan fingerprint density at radius 2 is 1.96 bits per heavy atom. The number of nitrogens with one attached hydrogen (secondary N) is 2. The third-order valence-electron chi connectivity index (χ3n) is 3.80. The molecule has 0 aliphatic rings. The molecule has 0 saturated heterocycles. The molecule has 0 aliphatic heterocycles. The Labute approximate surface area is 143 Å². The number of rotatable bonds is 9. The first kappa shape index (κ1) is 18.1. The summed E-state index contributed by atoms with van der Waals surface area (Å²) in [6.45, 7) is 5.89. The van der Waals surface area contributed by atoms with Crippen LogP contribution in [0, 0.1) is 0 Å². The molecule has 24 heavy (non-hydrogen) atoms. The van der Waals surface area contributed by atoms with Gasteiger partial charge < -0.3 is 15.2 Å². The molecule has 0 aliphatic carbocycles. The van der Waals surface area contributed by atoms with E-state index in [9.17, 15) is 4.79 Å². The first-order chi connectivity index (χ1) is 11.6. The number of carbonyl (C=O) groups is 1. The van der Waals surface area contributed by atoms with Gasteiger partial charge in [-0.3, -0.25) is 4.79 Å². The number of hydrogen-bond donors (Lipinski definition) is 2. The lowest BCUT2D eigenvalue weighted by atomic mass is 10.0. The van der Waals surface area contributed by atoms with Crippen molar-refractivity contribution in [2.45, 2.75) is 39.0 Å². The normalized spacial score (nSPS) is 11.0. The first-order valence-electron chi connectivity index (χ1n) is 8.44. The number of aromatic nitrogens is 2. The number of nitrogens with zero attached hydrogens (tertiary/aromatic N) is 2. The zero-order valence-electron chi connectivity index (χ0n) is 14.6. The van der Waals surface area contributed by atoms with Crippen LogP contribution in [-0.4, -0.2) is 36.2 Å². The largest absolute Gasteiger partial charge is 0.356 e. The molecule has 0 atom stereocenters. The maximum Gasteiger partial charge on any atom is 0.227 e. The third kappa shape index (κ3) is 5.45. The zero-order valence-corrected chi connectivity index (χ0v) is 14.6. The topological polar surface area (TPSA) is 80.0 Å². The molecule has 0 radical (unpaired) electrons. The van der Waals surface area contributed by atoms with Crippen LogP contribution in [0.25, 0.3) is 11.4 Å². The van der Waals surface area contributed by atoms with Gasteiger partial charge in [-0.2, -0.15) is 4.98 Å². The molecule has 2 rings (SSSR count). The van der Waals surface area contributed by atoms with Gasteiger partial charge in [-0.15, -0.1) is 0 Å². The molecule has 6 heteroatoms. The molecule has 1 amide bonds. The van der Waals surface area contributed by atoms with Crippen LogP contribution in [0.4, 0.5) is 0 Å². The highest BCUT2D eigenvalue weighted by Gasteiger charge is 2.11. The molecule has 0 saturated carbocycles. The van der Waals surface area contributed by atoms with Gasteiger partial charge in [0.15, 0.2) is 0 Å². The lowest BCUT2D eigenvalue weighted by Crippen LogP contribution is -2.26. The predicted molar refractivity (Wildman–Crippen MR) is 93.7 cm³/mol. The monoisotopic (exact) mass is 330 g/mol. The van der Waals surface area contributed by atoms with Crippen molar-refractivity contribution in [3.63, 3.8) is 0 Å². The van der Waals surface area contributed by atoms with Crippen molar-refractivity contribution in [3.05, 3.63) is 35.7 Å². The van der Waals surface area contributed by atoms with E-state index in [2.05, 4.69) is 46.8 Å². The van der Waals surface area contributed by atoms with Gasteiger partial charge in [0.25, 0.3) is 0 Å². The van der Waals surface area contributed by atoms with E-state index in [1.54, 1.807) is 0 Å². The summed E-state index contributed by atoms with van der Waals surface area (Å²) < 4.78 is 5.24. The molecule has 2 N–H and O–H groups in total. The van der Waals surface area contributed by atoms with Crippen LogP contribution in [-0.2, 0) is 11.2 Å². The van der Waals surface area contributed by atoms with Crippen LogP contribution in [0.1, 0.15) is 44.1 Å². The van der Waals surface area contributed by atoms with E-state index in [1.807, 2.05) is 19.2 Å². The fourth-order valence-electron chi connectivity index (χ4n) is 2.29. The average Bonchev–Trinajstić information content (AvgIpc) is 3.06. The number of carbonyl (C=O) groups excluding carboxylic acids is 1. The minimum absolute atomic E-state index is 0.00661. The Bertz CT molecular complexity index is 635. The van der Waals surface area contributed by atoms with Gasteiger partial charge in [0.05, 0.1) is 0 Å². The van der Waals surface area contributed by atoms with Crippen molar-refractivity contribution in [2.75, 3.05) is 20.1 Å². The molecule has 0 unspecified atom stereocenters. The zero-order chi connectivity index (χ0) is 17.4. The van der Waals surface area contributed by atoms with Crippen LogP contribution in [0.3, 0.4) is 0 Å². The molecular formula is C18H26N4O2. The molecule has 1 aromatic carbocycles. The fraction of sp³-hybridized carbons (Fsp3) is 0.500. The van der Waals surface area contributed by atoms with Gasteiger partial charge >= 0.3 is 0 Å². The van der Waals surface area contributed by atoms with Crippen LogP contribution in [0.2, 0.25) is 0 Å². The highest BCUT2D eigenvalue weighted by atomic mass is 16.5. The van der Waals surface area contributed by atoms with Crippen molar-refractivity contribution in [3.8, 4) is 11.4 Å². The maximum absolute atomic E-state index is 11.7. The van der Waals surface area contributed by atoms with Gasteiger partial charge in [-0.1, -0.05) is 43.3 Å². The van der Waals surface area contributed by atoms with Crippen molar-refractivity contribution in [1.82, 2.24) is 20.8 Å². The molecule has 130 valence electrons. The van der Waals surface area contributed by atoms with Crippen LogP contribution in [0.5, 0.6) is 0 Å². The number of hydrogen-bond acceptors (Lipinski definition) is 5. The summed E-state index contributed by atoms with van der Waals surface area (Å²) in [6, 6.07) is 8.15. The Balaban J connectivity index is 1.83.